The maximum absolute atomic E-state index is 12.2. The van der Waals surface area contributed by atoms with Crippen molar-refractivity contribution in [2.24, 2.45) is 0 Å². The Morgan fingerprint density at radius 3 is 2.62 bits per heavy atom. The summed E-state index contributed by atoms with van der Waals surface area (Å²) in [5, 5.41) is 15.4. The summed E-state index contributed by atoms with van der Waals surface area (Å²) in [5.41, 5.74) is 0.897. The average molecular weight is 227 g/mol. The Hall–Kier alpha value is -1.89. The molecule has 5 nitrogen and oxygen atoms in total. The summed E-state index contributed by atoms with van der Waals surface area (Å²) in [7, 11) is 0. The summed E-state index contributed by atoms with van der Waals surface area (Å²) in [6.45, 7) is -0.188. The van der Waals surface area contributed by atoms with Crippen molar-refractivity contribution >= 4 is 0 Å². The zero-order valence-electron chi connectivity index (χ0n) is 7.97. The third kappa shape index (κ3) is 2.03. The lowest BCUT2D eigenvalue weighted by Gasteiger charge is -1.96. The lowest BCUT2D eigenvalue weighted by molar-refractivity contribution is 0.116. The van der Waals surface area contributed by atoms with E-state index >= 15 is 0 Å². The second-order valence-corrected chi connectivity index (χ2v) is 2.94. The number of nitrogens with zero attached hydrogens (tertiary/aromatic N) is 3. The van der Waals surface area contributed by atoms with Gasteiger partial charge in [0.1, 0.15) is 0 Å². The van der Waals surface area contributed by atoms with Crippen molar-refractivity contribution in [3.05, 3.63) is 29.9 Å². The number of halogens is 2. The molecule has 1 N–H and O–H groups in total. The van der Waals surface area contributed by atoms with Crippen LogP contribution in [-0.2, 0) is 6.61 Å². The Morgan fingerprint density at radius 2 is 2.12 bits per heavy atom. The standard InChI is InChI=1S/C9H7F2N3O2/c10-7(11)9-14-13-8(16-9)5-1-2-6(4-15)12-3-5/h1-3,7,15H,4H2. The zero-order chi connectivity index (χ0) is 11.5. The molecule has 2 aromatic rings. The SMILES string of the molecule is OCc1ccc(-c2nnc(C(F)F)o2)cn1. The van der Waals surface area contributed by atoms with Crippen molar-refractivity contribution in [3.63, 3.8) is 0 Å². The van der Waals surface area contributed by atoms with Gasteiger partial charge < -0.3 is 9.52 Å². The smallest absolute Gasteiger partial charge is 0.314 e. The fraction of sp³-hybridized carbons (Fsp3) is 0.222. The molecule has 84 valence electrons. The normalized spacial score (nSPS) is 11.0. The van der Waals surface area contributed by atoms with E-state index in [0.717, 1.165) is 0 Å². The quantitative estimate of drug-likeness (QED) is 0.861. The van der Waals surface area contributed by atoms with Crippen molar-refractivity contribution in [3.8, 4) is 11.5 Å². The number of hydrogen-bond donors (Lipinski definition) is 1. The van der Waals surface area contributed by atoms with E-state index in [1.807, 2.05) is 0 Å². The molecule has 16 heavy (non-hydrogen) atoms. The Bertz CT molecular complexity index is 470. The third-order valence-electron chi connectivity index (χ3n) is 1.86. The average Bonchev–Trinajstić information content (AvgIpc) is 2.78. The van der Waals surface area contributed by atoms with Crippen LogP contribution in [0.3, 0.4) is 0 Å². The largest absolute Gasteiger partial charge is 0.415 e. The predicted octanol–water partition coefficient (Wildman–Crippen LogP) is 1.56. The highest BCUT2D eigenvalue weighted by Gasteiger charge is 2.16. The van der Waals surface area contributed by atoms with Crippen LogP contribution in [0.2, 0.25) is 0 Å². The maximum atomic E-state index is 12.2. The van der Waals surface area contributed by atoms with Gasteiger partial charge in [-0.2, -0.15) is 8.78 Å². The van der Waals surface area contributed by atoms with E-state index in [1.165, 1.54) is 6.20 Å². The lowest BCUT2D eigenvalue weighted by Crippen LogP contribution is -1.88. The lowest BCUT2D eigenvalue weighted by atomic mass is 10.2. The molecule has 0 atom stereocenters. The van der Waals surface area contributed by atoms with Crippen molar-refractivity contribution < 1.29 is 18.3 Å². The highest BCUT2D eigenvalue weighted by molar-refractivity contribution is 5.50. The minimum atomic E-state index is -2.79. The molecular weight excluding hydrogens is 220 g/mol. The van der Waals surface area contributed by atoms with E-state index in [0.29, 0.717) is 11.3 Å². The van der Waals surface area contributed by atoms with Crippen molar-refractivity contribution in [1.29, 1.82) is 0 Å². The van der Waals surface area contributed by atoms with E-state index < -0.39 is 12.3 Å². The molecule has 0 saturated heterocycles. The van der Waals surface area contributed by atoms with Gasteiger partial charge in [0.05, 0.1) is 17.9 Å². The summed E-state index contributed by atoms with van der Waals surface area (Å²) in [6, 6.07) is 3.10. The van der Waals surface area contributed by atoms with Gasteiger partial charge in [0.15, 0.2) is 0 Å². The molecule has 0 aliphatic carbocycles. The van der Waals surface area contributed by atoms with Gasteiger partial charge in [0.2, 0.25) is 5.89 Å². The van der Waals surface area contributed by atoms with Crippen LogP contribution >= 0.6 is 0 Å². The van der Waals surface area contributed by atoms with Crippen LogP contribution in [-0.4, -0.2) is 20.3 Å². The molecule has 0 saturated carbocycles. The van der Waals surface area contributed by atoms with E-state index in [2.05, 4.69) is 15.2 Å². The van der Waals surface area contributed by atoms with Gasteiger partial charge in [-0.3, -0.25) is 4.98 Å². The van der Waals surface area contributed by atoms with Crippen LogP contribution in [0, 0.1) is 0 Å². The molecule has 0 spiro atoms. The fourth-order valence-corrected chi connectivity index (χ4v) is 1.08. The first-order chi connectivity index (χ1) is 7.70. The molecule has 0 aliphatic rings. The first-order valence-corrected chi connectivity index (χ1v) is 4.38. The van der Waals surface area contributed by atoms with E-state index in [1.54, 1.807) is 12.1 Å². The molecule has 2 rings (SSSR count). The highest BCUT2D eigenvalue weighted by atomic mass is 19.3. The number of aromatic nitrogens is 3. The van der Waals surface area contributed by atoms with Crippen molar-refractivity contribution in [2.75, 3.05) is 0 Å². The number of aliphatic hydroxyl groups excluding tert-OH is 1. The summed E-state index contributed by atoms with van der Waals surface area (Å²) in [5.74, 6) is -0.742. The summed E-state index contributed by atoms with van der Waals surface area (Å²) < 4.78 is 29.1. The molecule has 0 aliphatic heterocycles. The van der Waals surface area contributed by atoms with Gasteiger partial charge in [-0.15, -0.1) is 10.2 Å². The number of pyridine rings is 1. The van der Waals surface area contributed by atoms with Gasteiger partial charge in [0.25, 0.3) is 5.89 Å². The third-order valence-corrected chi connectivity index (χ3v) is 1.86. The topological polar surface area (TPSA) is 72.0 Å². The van der Waals surface area contributed by atoms with Crippen molar-refractivity contribution in [1.82, 2.24) is 15.2 Å². The maximum Gasteiger partial charge on any atom is 0.314 e. The Kier molecular flexibility index (Phi) is 2.86. The Morgan fingerprint density at radius 1 is 1.31 bits per heavy atom. The monoisotopic (exact) mass is 227 g/mol. The molecule has 0 bridgehead atoms. The molecule has 0 aromatic carbocycles. The van der Waals surface area contributed by atoms with Gasteiger partial charge in [-0.25, -0.2) is 0 Å². The van der Waals surface area contributed by atoms with Crippen molar-refractivity contribution in [2.45, 2.75) is 13.0 Å². The Labute approximate surface area is 88.8 Å². The molecule has 0 amide bonds. The zero-order valence-corrected chi connectivity index (χ0v) is 7.97. The van der Waals surface area contributed by atoms with Gasteiger partial charge in [-0.05, 0) is 12.1 Å². The van der Waals surface area contributed by atoms with Crippen LogP contribution in [0.25, 0.3) is 11.5 Å². The van der Waals surface area contributed by atoms with Crippen LogP contribution in [0.15, 0.2) is 22.7 Å². The number of rotatable bonds is 3. The first kappa shape index (κ1) is 10.6. The van der Waals surface area contributed by atoms with Gasteiger partial charge in [-0.1, -0.05) is 0 Å². The highest BCUT2D eigenvalue weighted by Crippen LogP contribution is 2.22. The molecule has 0 radical (unpaired) electrons. The molecule has 2 aromatic heterocycles. The second-order valence-electron chi connectivity index (χ2n) is 2.94. The number of hydrogen-bond acceptors (Lipinski definition) is 5. The van der Waals surface area contributed by atoms with E-state index in [-0.39, 0.29) is 12.5 Å². The van der Waals surface area contributed by atoms with Crippen LogP contribution in [0.1, 0.15) is 18.0 Å². The summed E-state index contributed by atoms with van der Waals surface area (Å²) >= 11 is 0. The van der Waals surface area contributed by atoms with Gasteiger partial charge >= 0.3 is 6.43 Å². The molecule has 0 unspecified atom stereocenters. The molecule has 0 fully saturated rings. The summed E-state index contributed by atoms with van der Waals surface area (Å²) in [4.78, 5) is 3.86. The van der Waals surface area contributed by atoms with Crippen LogP contribution in [0.4, 0.5) is 8.78 Å². The van der Waals surface area contributed by atoms with E-state index in [9.17, 15) is 8.78 Å². The molecule has 7 heteroatoms. The molecular formula is C9H7F2N3O2. The predicted molar refractivity (Wildman–Crippen MR) is 48.4 cm³/mol. The first-order valence-electron chi connectivity index (χ1n) is 4.38. The minimum absolute atomic E-state index is 0.0210. The number of aliphatic hydroxyl groups is 1. The summed E-state index contributed by atoms with van der Waals surface area (Å²) in [6.07, 6.45) is -1.42. The fourth-order valence-electron chi connectivity index (χ4n) is 1.08. The Balaban J connectivity index is 2.28. The number of alkyl halides is 2. The minimum Gasteiger partial charge on any atom is -0.415 e. The second kappa shape index (κ2) is 4.31. The van der Waals surface area contributed by atoms with Gasteiger partial charge in [0, 0.05) is 6.20 Å². The van der Waals surface area contributed by atoms with Crippen LogP contribution < -0.4 is 0 Å². The van der Waals surface area contributed by atoms with E-state index in [4.69, 9.17) is 9.52 Å². The van der Waals surface area contributed by atoms with Crippen LogP contribution in [0.5, 0.6) is 0 Å². The molecule has 2 heterocycles.